The molecule has 0 saturated carbocycles. The van der Waals surface area contributed by atoms with Gasteiger partial charge in [0.25, 0.3) is 0 Å². The summed E-state index contributed by atoms with van der Waals surface area (Å²) in [5.41, 5.74) is 3.10. The number of amides is 1. The fourth-order valence-corrected chi connectivity index (χ4v) is 3.36. The number of hydrogen-bond donors (Lipinski definition) is 1. The van der Waals surface area contributed by atoms with Crippen LogP contribution in [0.1, 0.15) is 11.1 Å². The van der Waals surface area contributed by atoms with Gasteiger partial charge in [0.15, 0.2) is 5.82 Å². The number of nitrogens with zero attached hydrogens (tertiary/aromatic N) is 4. The van der Waals surface area contributed by atoms with E-state index in [1.165, 1.54) is 16.4 Å². The number of rotatable bonds is 6. The monoisotopic (exact) mass is 367 g/mol. The zero-order valence-corrected chi connectivity index (χ0v) is 15.6. The molecular formula is C19H21N5OS. The first-order valence-electron chi connectivity index (χ1n) is 8.23. The van der Waals surface area contributed by atoms with Crippen LogP contribution in [-0.4, -0.2) is 38.5 Å². The van der Waals surface area contributed by atoms with Gasteiger partial charge in [-0.3, -0.25) is 4.79 Å². The second kappa shape index (κ2) is 8.05. The van der Waals surface area contributed by atoms with Crippen LogP contribution in [-0.2, 0) is 11.3 Å². The zero-order chi connectivity index (χ0) is 18.5. The molecule has 1 amide bonds. The molecule has 0 spiro atoms. The highest BCUT2D eigenvalue weighted by Gasteiger charge is 2.16. The van der Waals surface area contributed by atoms with Gasteiger partial charge in [-0.25, -0.2) is 4.68 Å². The van der Waals surface area contributed by atoms with Crippen molar-refractivity contribution < 1.29 is 4.79 Å². The summed E-state index contributed by atoms with van der Waals surface area (Å²) in [6.45, 7) is 2.57. The first-order chi connectivity index (χ1) is 12.6. The lowest BCUT2D eigenvalue weighted by molar-refractivity contribution is -0.127. The third kappa shape index (κ3) is 4.05. The van der Waals surface area contributed by atoms with E-state index < -0.39 is 0 Å². The molecule has 0 aliphatic heterocycles. The van der Waals surface area contributed by atoms with Gasteiger partial charge in [-0.1, -0.05) is 66.4 Å². The molecule has 0 unspecified atom stereocenters. The molecule has 1 aromatic heterocycles. The maximum absolute atomic E-state index is 12.4. The molecule has 3 rings (SSSR count). The minimum Gasteiger partial charge on any atom is -0.341 e. The second-order valence-electron chi connectivity index (χ2n) is 6.02. The van der Waals surface area contributed by atoms with E-state index in [2.05, 4.69) is 10.2 Å². The molecule has 0 fully saturated rings. The van der Waals surface area contributed by atoms with Crippen molar-refractivity contribution in [3.05, 3.63) is 65.7 Å². The van der Waals surface area contributed by atoms with Gasteiger partial charge in [-0.05, 0) is 18.1 Å². The van der Waals surface area contributed by atoms with Crippen LogP contribution in [0.2, 0.25) is 0 Å². The molecular weight excluding hydrogens is 346 g/mol. The first kappa shape index (κ1) is 18.0. The van der Waals surface area contributed by atoms with Crippen LogP contribution in [0.25, 0.3) is 11.4 Å². The van der Waals surface area contributed by atoms with Crippen LogP contribution in [0.3, 0.4) is 0 Å². The van der Waals surface area contributed by atoms with Gasteiger partial charge >= 0.3 is 0 Å². The smallest absolute Gasteiger partial charge is 0.233 e. The van der Waals surface area contributed by atoms with Gasteiger partial charge in [0.2, 0.25) is 11.1 Å². The molecule has 2 aromatic carbocycles. The summed E-state index contributed by atoms with van der Waals surface area (Å²) in [6.07, 6.45) is 0. The molecule has 26 heavy (non-hydrogen) atoms. The largest absolute Gasteiger partial charge is 0.341 e. The molecule has 0 bridgehead atoms. The van der Waals surface area contributed by atoms with Crippen molar-refractivity contribution in [2.45, 2.75) is 18.6 Å². The quantitative estimate of drug-likeness (QED) is 0.535. The van der Waals surface area contributed by atoms with Crippen LogP contribution in [0.5, 0.6) is 0 Å². The highest BCUT2D eigenvalue weighted by molar-refractivity contribution is 7.99. The predicted molar refractivity (Wildman–Crippen MR) is 104 cm³/mol. The lowest BCUT2D eigenvalue weighted by atomic mass is 10.1. The Hall–Kier alpha value is -2.80. The van der Waals surface area contributed by atoms with E-state index in [0.717, 1.165) is 16.7 Å². The molecule has 1 heterocycles. The summed E-state index contributed by atoms with van der Waals surface area (Å²) in [5, 5.41) is 8.83. The standard InChI is InChI=1S/C19H21N5OS/c1-14-8-6-7-11-16(14)18-21-22-19(24(18)20)26-13-17(25)23(2)12-15-9-4-3-5-10-15/h3-11H,12-13,20H2,1-2H3. The lowest BCUT2D eigenvalue weighted by Crippen LogP contribution is -2.28. The SMILES string of the molecule is Cc1ccccc1-c1nnc(SCC(=O)N(C)Cc2ccccc2)n1N. The topological polar surface area (TPSA) is 77.0 Å². The average molecular weight is 367 g/mol. The Morgan fingerprint density at radius 3 is 2.54 bits per heavy atom. The van der Waals surface area contributed by atoms with E-state index in [-0.39, 0.29) is 11.7 Å². The number of aromatic nitrogens is 3. The summed E-state index contributed by atoms with van der Waals surface area (Å²) in [4.78, 5) is 14.1. The maximum Gasteiger partial charge on any atom is 0.233 e. The number of carbonyl (C=O) groups excluding carboxylic acids is 1. The van der Waals surface area contributed by atoms with Gasteiger partial charge < -0.3 is 10.7 Å². The molecule has 134 valence electrons. The fraction of sp³-hybridized carbons (Fsp3) is 0.211. The molecule has 0 atom stereocenters. The normalized spacial score (nSPS) is 10.7. The van der Waals surface area contributed by atoms with Gasteiger partial charge in [0.1, 0.15) is 0 Å². The minimum atomic E-state index is 0.0132. The summed E-state index contributed by atoms with van der Waals surface area (Å²) >= 11 is 1.29. The molecule has 2 N–H and O–H groups in total. The molecule has 3 aromatic rings. The van der Waals surface area contributed by atoms with Gasteiger partial charge in [-0.15, -0.1) is 10.2 Å². The Bertz CT molecular complexity index is 894. The third-order valence-corrected chi connectivity index (χ3v) is 4.99. The Morgan fingerprint density at radius 1 is 1.12 bits per heavy atom. The summed E-state index contributed by atoms with van der Waals surface area (Å²) in [5.74, 6) is 7.00. The van der Waals surface area contributed by atoms with Crippen molar-refractivity contribution in [2.24, 2.45) is 0 Å². The van der Waals surface area contributed by atoms with Crippen LogP contribution in [0.15, 0.2) is 59.8 Å². The average Bonchev–Trinajstić information content (AvgIpc) is 3.01. The number of carbonyl (C=O) groups is 1. The van der Waals surface area contributed by atoms with Gasteiger partial charge in [0.05, 0.1) is 5.75 Å². The van der Waals surface area contributed by atoms with Crippen molar-refractivity contribution in [2.75, 3.05) is 18.6 Å². The number of nitrogen functional groups attached to an aromatic ring is 1. The van der Waals surface area contributed by atoms with Crippen LogP contribution >= 0.6 is 11.8 Å². The molecule has 0 radical (unpaired) electrons. The number of aryl methyl sites for hydroxylation is 1. The highest BCUT2D eigenvalue weighted by atomic mass is 32.2. The molecule has 0 saturated heterocycles. The van der Waals surface area contributed by atoms with Crippen LogP contribution in [0, 0.1) is 6.92 Å². The van der Waals surface area contributed by atoms with Crippen LogP contribution < -0.4 is 5.84 Å². The number of benzene rings is 2. The summed E-state index contributed by atoms with van der Waals surface area (Å²) in [7, 11) is 1.79. The van der Waals surface area contributed by atoms with E-state index in [1.54, 1.807) is 11.9 Å². The van der Waals surface area contributed by atoms with E-state index in [4.69, 9.17) is 5.84 Å². The van der Waals surface area contributed by atoms with Crippen molar-refractivity contribution in [3.8, 4) is 11.4 Å². The van der Waals surface area contributed by atoms with Crippen molar-refractivity contribution >= 4 is 17.7 Å². The van der Waals surface area contributed by atoms with E-state index in [1.807, 2.05) is 61.5 Å². The minimum absolute atomic E-state index is 0.0132. The molecule has 7 heteroatoms. The Morgan fingerprint density at radius 2 is 1.81 bits per heavy atom. The first-order valence-corrected chi connectivity index (χ1v) is 9.22. The van der Waals surface area contributed by atoms with Crippen LogP contribution in [0.4, 0.5) is 0 Å². The number of hydrogen-bond acceptors (Lipinski definition) is 5. The number of nitrogens with two attached hydrogens (primary N) is 1. The predicted octanol–water partition coefficient (Wildman–Crippen LogP) is 2.72. The van der Waals surface area contributed by atoms with E-state index in [9.17, 15) is 4.79 Å². The fourth-order valence-electron chi connectivity index (χ4n) is 2.56. The maximum atomic E-state index is 12.4. The third-order valence-electron chi connectivity index (χ3n) is 4.06. The molecule has 6 nitrogen and oxygen atoms in total. The van der Waals surface area contributed by atoms with Crippen molar-refractivity contribution in [1.82, 2.24) is 19.8 Å². The van der Waals surface area contributed by atoms with Gasteiger partial charge in [0, 0.05) is 19.2 Å². The Balaban J connectivity index is 1.63. The summed E-state index contributed by atoms with van der Waals surface area (Å²) in [6, 6.07) is 17.7. The van der Waals surface area contributed by atoms with E-state index >= 15 is 0 Å². The van der Waals surface area contributed by atoms with Crippen molar-refractivity contribution in [1.29, 1.82) is 0 Å². The highest BCUT2D eigenvalue weighted by Crippen LogP contribution is 2.24. The molecule has 0 aliphatic carbocycles. The summed E-state index contributed by atoms with van der Waals surface area (Å²) < 4.78 is 1.44. The zero-order valence-electron chi connectivity index (χ0n) is 14.8. The number of thioether (sulfide) groups is 1. The Kier molecular flexibility index (Phi) is 5.58. The van der Waals surface area contributed by atoms with E-state index in [0.29, 0.717) is 17.5 Å². The van der Waals surface area contributed by atoms with Crippen molar-refractivity contribution in [3.63, 3.8) is 0 Å². The second-order valence-corrected chi connectivity index (χ2v) is 6.96. The lowest BCUT2D eigenvalue weighted by Gasteiger charge is -2.16. The Labute approximate surface area is 157 Å². The van der Waals surface area contributed by atoms with Gasteiger partial charge in [-0.2, -0.15) is 0 Å². The molecule has 0 aliphatic rings.